The van der Waals surface area contributed by atoms with Gasteiger partial charge in [-0.2, -0.15) is 0 Å². The number of rotatable bonds is 28. The highest BCUT2D eigenvalue weighted by Crippen LogP contribution is 2.63. The Morgan fingerprint density at radius 1 is 0.400 bits per heavy atom. The fourth-order valence-corrected chi connectivity index (χ4v) is 16.9. The molecule has 416 valence electrons. The molecule has 5 heteroatoms. The zero-order valence-corrected chi connectivity index (χ0v) is 47.3. The average molecular weight is 1040 g/mol. The average Bonchev–Trinajstić information content (AvgIpc) is 3.47. The van der Waals surface area contributed by atoms with Gasteiger partial charge in [0.15, 0.2) is 23.3 Å². The topological polar surface area (TPSA) is 9.23 Å². The quantitative estimate of drug-likeness (QED) is 0.0469. The maximum absolute atomic E-state index is 15.4. The number of unbranched alkanes of at least 4 members (excludes halogenated alkanes) is 14. The summed E-state index contributed by atoms with van der Waals surface area (Å²) in [4.78, 5) is 0. The molecular formula is C70H102F4O. The predicted molar refractivity (Wildman–Crippen MR) is 307 cm³/mol. The van der Waals surface area contributed by atoms with Crippen LogP contribution >= 0.6 is 0 Å². The molecule has 0 atom stereocenters. The van der Waals surface area contributed by atoms with Crippen molar-refractivity contribution in [3.63, 3.8) is 0 Å². The fraction of sp³-hybridized carbons (Fsp3) is 0.714. The Balaban J connectivity index is 0.921. The fourth-order valence-electron chi connectivity index (χ4n) is 16.9. The second kappa shape index (κ2) is 28.8. The largest absolute Gasteiger partial charge is 0.380 e. The summed E-state index contributed by atoms with van der Waals surface area (Å²) in [5.41, 5.74) is 0.678. The first-order chi connectivity index (χ1) is 36.7. The number of hydrogen-bond acceptors (Lipinski definition) is 1. The normalized spacial score (nSPS) is 29.5. The van der Waals surface area contributed by atoms with E-state index in [-0.39, 0.29) is 22.7 Å². The van der Waals surface area contributed by atoms with Gasteiger partial charge in [0.2, 0.25) is 0 Å². The molecule has 0 amide bonds. The van der Waals surface area contributed by atoms with Crippen LogP contribution in [0, 0.1) is 69.6 Å². The molecule has 0 saturated heterocycles. The highest BCUT2D eigenvalue weighted by atomic mass is 19.2. The van der Waals surface area contributed by atoms with Gasteiger partial charge in [-0.15, -0.1) is 0 Å². The van der Waals surface area contributed by atoms with Crippen LogP contribution in [-0.4, -0.2) is 13.2 Å². The van der Waals surface area contributed by atoms with Gasteiger partial charge in [0.25, 0.3) is 0 Å². The smallest absolute Gasteiger partial charge is 0.159 e. The van der Waals surface area contributed by atoms with E-state index in [9.17, 15) is 8.78 Å². The van der Waals surface area contributed by atoms with Crippen molar-refractivity contribution >= 4 is 0 Å². The number of benzene rings is 2. The SMILES string of the molecule is CCCCCCCCCC[C@H]1CC[C@H](C2([C@]3(c4ccc(F)c(F)c4)C=C[C@H](COC[C@H]4C=C[C@@](c5ccc(F)c(F)c5)(C5([C@H]6CC[C@H](CCCCCCCCCC)CC6)CCCCC5)C=C4)C=C3)CCCCC2)CC1. The molecule has 0 aromatic heterocycles. The highest BCUT2D eigenvalue weighted by molar-refractivity contribution is 5.46. The van der Waals surface area contributed by atoms with Crippen molar-refractivity contribution in [3.8, 4) is 0 Å². The maximum Gasteiger partial charge on any atom is 0.159 e. The number of ether oxygens (including phenoxy) is 1. The Kier molecular flexibility index (Phi) is 22.4. The van der Waals surface area contributed by atoms with E-state index < -0.39 is 34.1 Å². The minimum absolute atomic E-state index is 0.0442. The molecule has 6 aliphatic carbocycles. The number of allylic oxidation sites excluding steroid dienone is 4. The third kappa shape index (κ3) is 14.1. The standard InChI is InChI=1S/C70H102F4O/c1-3-5-7-9-11-13-15-19-25-55-27-31-59(32-28-55)67(43-21-17-22-44-67)69(61-35-37-63(71)65(73)51-61)47-39-57(40-48-69)53-75-54-58-41-49-70(50-42-58,62-36-38-64(72)66(74)52-62)68(45-23-18-24-46-68)60-33-29-56(30-34-60)26-20-16-14-12-10-8-6-4-2/h35-42,47-52,55-60H,3-34,43-46,53-54H2,1-2H3/t55-,56-,57-,58-,59-,60-,69+,70+. The molecule has 4 fully saturated rings. The van der Waals surface area contributed by atoms with Crippen molar-refractivity contribution in [3.05, 3.63) is 119 Å². The molecule has 0 N–H and O–H groups in total. The Hall–Kier alpha value is -2.92. The van der Waals surface area contributed by atoms with Crippen LogP contribution in [0.3, 0.4) is 0 Å². The van der Waals surface area contributed by atoms with E-state index in [0.717, 1.165) is 48.6 Å². The Labute approximate surface area is 455 Å². The molecule has 0 bridgehead atoms. The molecule has 0 radical (unpaired) electrons. The Morgan fingerprint density at radius 3 is 1.07 bits per heavy atom. The van der Waals surface area contributed by atoms with Crippen LogP contribution in [0.2, 0.25) is 0 Å². The van der Waals surface area contributed by atoms with E-state index in [1.807, 2.05) is 12.1 Å². The van der Waals surface area contributed by atoms with Crippen molar-refractivity contribution in [1.82, 2.24) is 0 Å². The summed E-state index contributed by atoms with van der Waals surface area (Å²) in [5.74, 6) is -0.237. The molecule has 2 aromatic carbocycles. The van der Waals surface area contributed by atoms with Crippen molar-refractivity contribution in [1.29, 1.82) is 0 Å². The second-order valence-electron chi connectivity index (χ2n) is 25.7. The molecule has 8 rings (SSSR count). The van der Waals surface area contributed by atoms with Crippen molar-refractivity contribution in [2.24, 2.45) is 46.3 Å². The van der Waals surface area contributed by atoms with Gasteiger partial charge in [-0.25, -0.2) is 17.6 Å². The summed E-state index contributed by atoms with van der Waals surface area (Å²) < 4.78 is 66.8. The first-order valence-corrected chi connectivity index (χ1v) is 31.9. The van der Waals surface area contributed by atoms with Gasteiger partial charge < -0.3 is 4.74 Å². The zero-order chi connectivity index (χ0) is 52.4. The van der Waals surface area contributed by atoms with Crippen molar-refractivity contribution in [2.45, 2.75) is 256 Å². The molecular weight excluding hydrogens is 933 g/mol. The lowest BCUT2D eigenvalue weighted by Crippen LogP contribution is -2.51. The van der Waals surface area contributed by atoms with Crippen LogP contribution in [0.4, 0.5) is 17.6 Å². The van der Waals surface area contributed by atoms with Crippen LogP contribution in [0.25, 0.3) is 0 Å². The first-order valence-electron chi connectivity index (χ1n) is 31.9. The number of hydrogen-bond donors (Lipinski definition) is 0. The molecule has 0 spiro atoms. The highest BCUT2D eigenvalue weighted by Gasteiger charge is 2.56. The number of halogens is 4. The lowest BCUT2D eigenvalue weighted by atomic mass is 9.46. The van der Waals surface area contributed by atoms with E-state index >= 15 is 8.78 Å². The second-order valence-corrected chi connectivity index (χ2v) is 25.7. The molecule has 2 aromatic rings. The molecule has 6 aliphatic rings. The zero-order valence-electron chi connectivity index (χ0n) is 47.3. The minimum atomic E-state index is -0.781. The third-order valence-electron chi connectivity index (χ3n) is 21.2. The van der Waals surface area contributed by atoms with Crippen LogP contribution < -0.4 is 0 Å². The summed E-state index contributed by atoms with van der Waals surface area (Å²) in [6.07, 6.45) is 65.2. The predicted octanol–water partition coefficient (Wildman–Crippen LogP) is 21.5. The molecule has 1 nitrogen and oxygen atoms in total. The lowest BCUT2D eigenvalue weighted by molar-refractivity contribution is 0.00994. The minimum Gasteiger partial charge on any atom is -0.380 e. The first kappa shape index (κ1) is 58.2. The third-order valence-corrected chi connectivity index (χ3v) is 21.2. The van der Waals surface area contributed by atoms with Gasteiger partial charge in [0.05, 0.1) is 13.2 Å². The van der Waals surface area contributed by atoms with E-state index in [1.165, 1.54) is 230 Å². The van der Waals surface area contributed by atoms with Gasteiger partial charge in [-0.3, -0.25) is 0 Å². The molecule has 75 heavy (non-hydrogen) atoms. The van der Waals surface area contributed by atoms with Crippen molar-refractivity contribution < 1.29 is 22.3 Å². The van der Waals surface area contributed by atoms with Gasteiger partial charge in [-0.1, -0.05) is 254 Å². The van der Waals surface area contributed by atoms with E-state index in [0.29, 0.717) is 25.0 Å². The summed E-state index contributed by atoms with van der Waals surface area (Å²) in [7, 11) is 0. The Morgan fingerprint density at radius 2 is 0.733 bits per heavy atom. The summed E-state index contributed by atoms with van der Waals surface area (Å²) in [6.45, 7) is 5.65. The van der Waals surface area contributed by atoms with Gasteiger partial charge in [0, 0.05) is 22.7 Å². The van der Waals surface area contributed by atoms with Gasteiger partial charge in [0.1, 0.15) is 0 Å². The van der Waals surface area contributed by atoms with E-state index in [2.05, 4.69) is 62.5 Å². The van der Waals surface area contributed by atoms with Crippen LogP contribution in [-0.2, 0) is 15.6 Å². The van der Waals surface area contributed by atoms with Crippen LogP contribution in [0.5, 0.6) is 0 Å². The Bertz CT molecular complexity index is 1940. The molecule has 0 unspecified atom stereocenters. The summed E-state index contributed by atoms with van der Waals surface area (Å²) in [5, 5.41) is 0. The summed E-state index contributed by atoms with van der Waals surface area (Å²) in [6, 6.07) is 9.47. The summed E-state index contributed by atoms with van der Waals surface area (Å²) >= 11 is 0. The molecule has 0 heterocycles. The van der Waals surface area contributed by atoms with Gasteiger partial charge in [-0.05, 0) is 121 Å². The monoisotopic (exact) mass is 1030 g/mol. The maximum atomic E-state index is 15.4. The molecule has 4 saturated carbocycles. The van der Waals surface area contributed by atoms with Gasteiger partial charge >= 0.3 is 0 Å². The molecule has 0 aliphatic heterocycles. The van der Waals surface area contributed by atoms with E-state index in [4.69, 9.17) is 4.74 Å². The van der Waals surface area contributed by atoms with Crippen molar-refractivity contribution in [2.75, 3.05) is 13.2 Å². The van der Waals surface area contributed by atoms with E-state index in [1.54, 1.807) is 0 Å². The van der Waals surface area contributed by atoms with Crippen LogP contribution in [0.15, 0.2) is 85.0 Å². The van der Waals surface area contributed by atoms with Crippen LogP contribution in [0.1, 0.15) is 256 Å². The lowest BCUT2D eigenvalue weighted by Gasteiger charge is -2.57.